The molecule has 0 aliphatic heterocycles. The molecule has 198 valence electrons. The molecule has 0 amide bonds. The molecular formula is C25H28F5NO5. The summed E-state index contributed by atoms with van der Waals surface area (Å²) < 4.78 is 86.5. The second-order valence-corrected chi connectivity index (χ2v) is 8.53. The standard InChI is InChI=1S/C25H28F5NO5/c1-5-35-23(33)20(12-24(2,3)27)31-22(25(28,29)30)16-7-8-17(19(26)11-16)18-10-15(13-32)6-9-21(18)36-14-34-4/h6-11,13,20,22,31H,5,12,14H2,1-4H3/t20-,22?/m0/s1. The minimum Gasteiger partial charge on any atom is -0.467 e. The summed E-state index contributed by atoms with van der Waals surface area (Å²) in [5.41, 5.74) is -2.33. The molecule has 2 aromatic carbocycles. The van der Waals surface area contributed by atoms with Gasteiger partial charge in [0.2, 0.25) is 0 Å². The van der Waals surface area contributed by atoms with Gasteiger partial charge >= 0.3 is 12.1 Å². The van der Waals surface area contributed by atoms with E-state index in [9.17, 15) is 27.2 Å². The SMILES string of the molecule is CCOC(=O)[C@H](CC(C)(C)F)NC(c1ccc(-c2cc(C=O)ccc2OCOC)c(F)c1)C(F)(F)F. The minimum atomic E-state index is -4.96. The third-order valence-electron chi connectivity index (χ3n) is 5.04. The van der Waals surface area contributed by atoms with E-state index in [1.165, 1.54) is 32.2 Å². The van der Waals surface area contributed by atoms with Crippen molar-refractivity contribution in [2.75, 3.05) is 20.5 Å². The lowest BCUT2D eigenvalue weighted by Crippen LogP contribution is -2.47. The molecule has 0 spiro atoms. The van der Waals surface area contributed by atoms with Gasteiger partial charge < -0.3 is 14.2 Å². The van der Waals surface area contributed by atoms with Crippen LogP contribution in [0.5, 0.6) is 5.75 Å². The fourth-order valence-corrected chi connectivity index (χ4v) is 3.53. The average molecular weight is 517 g/mol. The van der Waals surface area contributed by atoms with E-state index in [2.05, 4.69) is 5.32 Å². The zero-order chi connectivity index (χ0) is 27.1. The lowest BCUT2D eigenvalue weighted by Gasteiger charge is -2.29. The van der Waals surface area contributed by atoms with Crippen LogP contribution in [0.2, 0.25) is 0 Å². The molecule has 0 bridgehead atoms. The Kier molecular flexibility index (Phi) is 9.94. The van der Waals surface area contributed by atoms with Crippen LogP contribution in [0.1, 0.15) is 49.2 Å². The molecule has 6 nitrogen and oxygen atoms in total. The molecule has 36 heavy (non-hydrogen) atoms. The quantitative estimate of drug-likeness (QED) is 0.172. The number of nitrogens with one attached hydrogen (secondary N) is 1. The average Bonchev–Trinajstić information content (AvgIpc) is 2.79. The lowest BCUT2D eigenvalue weighted by atomic mass is 9.96. The van der Waals surface area contributed by atoms with Gasteiger partial charge in [0.25, 0.3) is 0 Å². The number of alkyl halides is 4. The molecule has 1 unspecified atom stereocenters. The van der Waals surface area contributed by atoms with Crippen molar-refractivity contribution in [3.05, 3.63) is 53.3 Å². The maximum Gasteiger partial charge on any atom is 0.407 e. The molecule has 0 saturated carbocycles. The Balaban J connectivity index is 2.51. The Bertz CT molecular complexity index is 1050. The van der Waals surface area contributed by atoms with Gasteiger partial charge in [0.1, 0.15) is 35.6 Å². The van der Waals surface area contributed by atoms with Gasteiger partial charge in [0.15, 0.2) is 6.79 Å². The van der Waals surface area contributed by atoms with E-state index in [0.717, 1.165) is 26.0 Å². The van der Waals surface area contributed by atoms with Crippen molar-refractivity contribution in [3.63, 3.8) is 0 Å². The van der Waals surface area contributed by atoms with Gasteiger partial charge in [-0.05, 0) is 50.6 Å². The van der Waals surface area contributed by atoms with Crippen LogP contribution in [0.3, 0.4) is 0 Å². The van der Waals surface area contributed by atoms with Crippen LogP contribution in [-0.2, 0) is 14.3 Å². The third kappa shape index (κ3) is 7.99. The monoisotopic (exact) mass is 517 g/mol. The normalized spacial score (nSPS) is 13.7. The number of benzene rings is 2. The van der Waals surface area contributed by atoms with E-state index in [-0.39, 0.29) is 35.8 Å². The molecule has 2 rings (SSSR count). The third-order valence-corrected chi connectivity index (χ3v) is 5.04. The highest BCUT2D eigenvalue weighted by molar-refractivity contribution is 5.82. The Hall–Kier alpha value is -3.05. The maximum atomic E-state index is 15.2. The molecule has 2 atom stereocenters. The van der Waals surface area contributed by atoms with Crippen molar-refractivity contribution in [1.29, 1.82) is 0 Å². The summed E-state index contributed by atoms with van der Waals surface area (Å²) in [6.07, 6.45) is -5.03. The Morgan fingerprint density at radius 3 is 2.31 bits per heavy atom. The first-order chi connectivity index (χ1) is 16.8. The molecule has 0 saturated heterocycles. The van der Waals surface area contributed by atoms with E-state index in [1.807, 2.05) is 0 Å². The number of halogens is 5. The van der Waals surface area contributed by atoms with Gasteiger partial charge in [-0.1, -0.05) is 12.1 Å². The summed E-state index contributed by atoms with van der Waals surface area (Å²) in [5, 5.41) is 2.10. The van der Waals surface area contributed by atoms with Gasteiger partial charge in [-0.15, -0.1) is 0 Å². The first-order valence-corrected chi connectivity index (χ1v) is 11.0. The molecule has 2 aromatic rings. The molecule has 0 radical (unpaired) electrons. The zero-order valence-electron chi connectivity index (χ0n) is 20.2. The molecule has 0 aromatic heterocycles. The number of ether oxygens (including phenoxy) is 3. The second kappa shape index (κ2) is 12.3. The van der Waals surface area contributed by atoms with Crippen LogP contribution < -0.4 is 10.1 Å². The topological polar surface area (TPSA) is 73.9 Å². The smallest absolute Gasteiger partial charge is 0.407 e. The van der Waals surface area contributed by atoms with Gasteiger partial charge in [-0.3, -0.25) is 14.9 Å². The predicted octanol–water partition coefficient (Wildman–Crippen LogP) is 5.55. The first kappa shape index (κ1) is 29.2. The van der Waals surface area contributed by atoms with E-state index < -0.39 is 47.7 Å². The summed E-state index contributed by atoms with van der Waals surface area (Å²) >= 11 is 0. The van der Waals surface area contributed by atoms with E-state index >= 15 is 4.39 Å². The number of carbonyl (C=O) groups excluding carboxylic acids is 2. The van der Waals surface area contributed by atoms with Gasteiger partial charge in [-0.2, -0.15) is 13.2 Å². The van der Waals surface area contributed by atoms with Crippen LogP contribution in [-0.4, -0.2) is 50.7 Å². The highest BCUT2D eigenvalue weighted by Crippen LogP contribution is 2.38. The number of hydrogen-bond donors (Lipinski definition) is 1. The molecule has 0 fully saturated rings. The van der Waals surface area contributed by atoms with E-state index in [4.69, 9.17) is 14.2 Å². The van der Waals surface area contributed by atoms with Gasteiger partial charge in [-0.25, -0.2) is 8.78 Å². The molecule has 11 heteroatoms. The van der Waals surface area contributed by atoms with Crippen LogP contribution in [0.15, 0.2) is 36.4 Å². The number of aldehydes is 1. The van der Waals surface area contributed by atoms with Gasteiger partial charge in [0.05, 0.1) is 6.61 Å². The molecule has 0 aliphatic carbocycles. The van der Waals surface area contributed by atoms with Crippen molar-refractivity contribution in [2.24, 2.45) is 0 Å². The second-order valence-electron chi connectivity index (χ2n) is 8.53. The molecular weight excluding hydrogens is 489 g/mol. The summed E-state index contributed by atoms with van der Waals surface area (Å²) in [5.74, 6) is -1.94. The van der Waals surface area contributed by atoms with Crippen molar-refractivity contribution in [2.45, 2.75) is 51.1 Å². The van der Waals surface area contributed by atoms with Crippen LogP contribution >= 0.6 is 0 Å². The van der Waals surface area contributed by atoms with Gasteiger partial charge in [0, 0.05) is 30.2 Å². The number of rotatable bonds is 12. The first-order valence-electron chi connectivity index (χ1n) is 11.0. The van der Waals surface area contributed by atoms with Crippen molar-refractivity contribution in [3.8, 4) is 16.9 Å². The fourth-order valence-electron chi connectivity index (χ4n) is 3.53. The summed E-state index contributed by atoms with van der Waals surface area (Å²) in [7, 11) is 1.37. The summed E-state index contributed by atoms with van der Waals surface area (Å²) in [6.45, 7) is 3.41. The number of hydrogen-bond acceptors (Lipinski definition) is 6. The van der Waals surface area contributed by atoms with Crippen molar-refractivity contribution >= 4 is 12.3 Å². The lowest BCUT2D eigenvalue weighted by molar-refractivity contribution is -0.165. The predicted molar refractivity (Wildman–Crippen MR) is 122 cm³/mol. The van der Waals surface area contributed by atoms with Crippen molar-refractivity contribution in [1.82, 2.24) is 5.32 Å². The summed E-state index contributed by atoms with van der Waals surface area (Å²) in [6, 6.07) is 2.83. The van der Waals surface area contributed by atoms with Crippen LogP contribution in [0, 0.1) is 5.82 Å². The largest absolute Gasteiger partial charge is 0.467 e. The van der Waals surface area contributed by atoms with E-state index in [0.29, 0.717) is 12.4 Å². The Labute approximate surface area is 205 Å². The number of esters is 1. The Morgan fingerprint density at radius 1 is 1.08 bits per heavy atom. The fraction of sp³-hybridized carbons (Fsp3) is 0.440. The van der Waals surface area contributed by atoms with Crippen LogP contribution in [0.4, 0.5) is 22.0 Å². The zero-order valence-corrected chi connectivity index (χ0v) is 20.2. The summed E-state index contributed by atoms with van der Waals surface area (Å²) in [4.78, 5) is 23.5. The minimum absolute atomic E-state index is 0.114. The Morgan fingerprint density at radius 2 is 1.78 bits per heavy atom. The van der Waals surface area contributed by atoms with Crippen LogP contribution in [0.25, 0.3) is 11.1 Å². The highest BCUT2D eigenvalue weighted by atomic mass is 19.4. The number of carbonyl (C=O) groups is 2. The van der Waals surface area contributed by atoms with Crippen molar-refractivity contribution < 1.29 is 45.8 Å². The number of methoxy groups -OCH3 is 1. The molecule has 0 heterocycles. The maximum absolute atomic E-state index is 15.2. The molecule has 1 N–H and O–H groups in total. The highest BCUT2D eigenvalue weighted by Gasteiger charge is 2.44. The molecule has 0 aliphatic rings. The van der Waals surface area contributed by atoms with E-state index in [1.54, 1.807) is 0 Å².